The van der Waals surface area contributed by atoms with Crippen molar-refractivity contribution < 1.29 is 0 Å². The zero-order valence-corrected chi connectivity index (χ0v) is 14.4. The molecule has 0 fully saturated rings. The molecule has 126 valence electrons. The van der Waals surface area contributed by atoms with Crippen molar-refractivity contribution in [2.75, 3.05) is 13.6 Å². The molecule has 0 saturated carbocycles. The number of benzene rings is 1. The average molecular weight is 322 g/mol. The molecule has 0 unspecified atom stereocenters. The Bertz CT molecular complexity index is 728. The highest BCUT2D eigenvalue weighted by Gasteiger charge is 2.05. The summed E-state index contributed by atoms with van der Waals surface area (Å²) in [4.78, 5) is 8.74. The van der Waals surface area contributed by atoms with Crippen molar-refractivity contribution in [2.24, 2.45) is 4.99 Å². The van der Waals surface area contributed by atoms with E-state index in [1.54, 1.807) is 5.57 Å². The molecule has 1 aliphatic carbocycles. The molecular weight excluding hydrogens is 296 g/mol. The van der Waals surface area contributed by atoms with Gasteiger partial charge in [-0.05, 0) is 49.8 Å². The van der Waals surface area contributed by atoms with Crippen LogP contribution in [0, 0.1) is 0 Å². The molecule has 0 bridgehead atoms. The lowest BCUT2D eigenvalue weighted by Crippen LogP contribution is -2.37. The van der Waals surface area contributed by atoms with Gasteiger partial charge in [0.1, 0.15) is 0 Å². The Hall–Kier alpha value is -2.36. The summed E-state index contributed by atoms with van der Waals surface area (Å²) in [5.74, 6) is 0.854. The third kappa shape index (κ3) is 4.34. The van der Waals surface area contributed by atoms with Crippen LogP contribution in [0.4, 0.5) is 0 Å². The van der Waals surface area contributed by atoms with Gasteiger partial charge in [-0.3, -0.25) is 9.98 Å². The minimum Gasteiger partial charge on any atom is -0.356 e. The summed E-state index contributed by atoms with van der Waals surface area (Å²) in [7, 11) is 1.82. The molecule has 0 spiro atoms. The second-order valence-corrected chi connectivity index (χ2v) is 6.20. The molecule has 1 heterocycles. The first-order valence-electron chi connectivity index (χ1n) is 8.82. The number of hydrogen-bond donors (Lipinski definition) is 2. The molecule has 4 nitrogen and oxygen atoms in total. The van der Waals surface area contributed by atoms with Crippen molar-refractivity contribution in [3.63, 3.8) is 0 Å². The van der Waals surface area contributed by atoms with Gasteiger partial charge in [0.2, 0.25) is 0 Å². The van der Waals surface area contributed by atoms with E-state index in [-0.39, 0.29) is 0 Å². The van der Waals surface area contributed by atoms with Crippen molar-refractivity contribution in [3.8, 4) is 0 Å². The number of hydrogen-bond acceptors (Lipinski definition) is 2. The second kappa shape index (κ2) is 8.48. The number of para-hydroxylation sites is 1. The number of aromatic nitrogens is 1. The Morgan fingerprint density at radius 3 is 2.92 bits per heavy atom. The van der Waals surface area contributed by atoms with E-state index in [1.807, 2.05) is 25.4 Å². The summed E-state index contributed by atoms with van der Waals surface area (Å²) in [5.41, 5.74) is 3.85. The molecular formula is C20H26N4. The Labute approximate surface area is 144 Å². The number of fused-ring (bicyclic) bond motifs is 1. The third-order valence-electron chi connectivity index (χ3n) is 4.53. The normalized spacial score (nSPS) is 15.2. The summed E-state index contributed by atoms with van der Waals surface area (Å²) >= 11 is 0. The Balaban J connectivity index is 1.53. The molecule has 2 aromatic rings. The van der Waals surface area contributed by atoms with Crippen LogP contribution in [0.2, 0.25) is 0 Å². The minimum absolute atomic E-state index is 0.741. The van der Waals surface area contributed by atoms with Crippen molar-refractivity contribution in [3.05, 3.63) is 53.7 Å². The zero-order chi connectivity index (χ0) is 16.6. The van der Waals surface area contributed by atoms with Gasteiger partial charge in [-0.15, -0.1) is 0 Å². The van der Waals surface area contributed by atoms with Crippen molar-refractivity contribution >= 4 is 16.9 Å². The van der Waals surface area contributed by atoms with Crippen molar-refractivity contribution in [1.82, 2.24) is 15.6 Å². The van der Waals surface area contributed by atoms with Crippen LogP contribution in [-0.4, -0.2) is 24.5 Å². The minimum atomic E-state index is 0.741. The van der Waals surface area contributed by atoms with Crippen molar-refractivity contribution in [1.29, 1.82) is 0 Å². The van der Waals surface area contributed by atoms with Gasteiger partial charge in [-0.2, -0.15) is 0 Å². The van der Waals surface area contributed by atoms with E-state index < -0.39 is 0 Å². The Morgan fingerprint density at radius 1 is 1.17 bits per heavy atom. The van der Waals surface area contributed by atoms with Crippen LogP contribution < -0.4 is 10.6 Å². The number of guanidine groups is 1. The lowest BCUT2D eigenvalue weighted by atomic mass is 9.97. The maximum absolute atomic E-state index is 4.41. The highest BCUT2D eigenvalue weighted by Crippen LogP contribution is 2.19. The summed E-state index contributed by atoms with van der Waals surface area (Å²) in [6.45, 7) is 1.67. The van der Waals surface area contributed by atoms with E-state index in [0.29, 0.717) is 0 Å². The standard InChI is InChI=1S/C20H26N4/c1-21-20(23-13-11-16-7-3-2-4-8-16)24-15-17-12-14-22-19-10-6-5-9-18(17)19/h5-7,9-10,12,14H,2-4,8,11,13,15H2,1H3,(H2,21,23,24). The Kier molecular flexibility index (Phi) is 5.83. The molecule has 24 heavy (non-hydrogen) atoms. The van der Waals surface area contributed by atoms with Gasteiger partial charge in [0.25, 0.3) is 0 Å². The molecule has 4 heteroatoms. The highest BCUT2D eigenvalue weighted by atomic mass is 15.2. The lowest BCUT2D eigenvalue weighted by molar-refractivity contribution is 0.665. The molecule has 0 radical (unpaired) electrons. The summed E-state index contributed by atoms with van der Waals surface area (Å²) in [6.07, 6.45) is 10.6. The van der Waals surface area contributed by atoms with Gasteiger partial charge in [-0.25, -0.2) is 0 Å². The van der Waals surface area contributed by atoms with E-state index in [4.69, 9.17) is 0 Å². The molecule has 1 aromatic heterocycles. The van der Waals surface area contributed by atoms with Gasteiger partial charge in [0.05, 0.1) is 5.52 Å². The van der Waals surface area contributed by atoms with Gasteiger partial charge < -0.3 is 10.6 Å². The van der Waals surface area contributed by atoms with E-state index in [1.165, 1.54) is 36.6 Å². The summed E-state index contributed by atoms with van der Waals surface area (Å²) in [5, 5.41) is 8.01. The second-order valence-electron chi connectivity index (χ2n) is 6.20. The van der Waals surface area contributed by atoms with Crippen LogP contribution in [0.25, 0.3) is 10.9 Å². The smallest absolute Gasteiger partial charge is 0.191 e. The van der Waals surface area contributed by atoms with Gasteiger partial charge in [0.15, 0.2) is 5.96 Å². The number of nitrogens with zero attached hydrogens (tertiary/aromatic N) is 2. The van der Waals surface area contributed by atoms with Crippen LogP contribution in [0.5, 0.6) is 0 Å². The number of allylic oxidation sites excluding steroid dienone is 1. The predicted molar refractivity (Wildman–Crippen MR) is 101 cm³/mol. The maximum Gasteiger partial charge on any atom is 0.191 e. The monoisotopic (exact) mass is 322 g/mol. The SMILES string of the molecule is CN=C(NCCC1=CCCCC1)NCc1ccnc2ccccc12. The van der Waals surface area contributed by atoms with E-state index >= 15 is 0 Å². The number of nitrogens with one attached hydrogen (secondary N) is 2. The topological polar surface area (TPSA) is 49.3 Å². The third-order valence-corrected chi connectivity index (χ3v) is 4.53. The van der Waals surface area contributed by atoms with Crippen LogP contribution in [0.15, 0.2) is 53.2 Å². The van der Waals surface area contributed by atoms with Crippen LogP contribution >= 0.6 is 0 Å². The summed E-state index contributed by atoms with van der Waals surface area (Å²) in [6, 6.07) is 10.3. The predicted octanol–water partition coefficient (Wildman–Crippen LogP) is 3.79. The summed E-state index contributed by atoms with van der Waals surface area (Å²) < 4.78 is 0. The molecule has 0 atom stereocenters. The maximum atomic E-state index is 4.41. The largest absolute Gasteiger partial charge is 0.356 e. The van der Waals surface area contributed by atoms with Crippen LogP contribution in [0.3, 0.4) is 0 Å². The fourth-order valence-corrected chi connectivity index (χ4v) is 3.18. The van der Waals surface area contributed by atoms with Gasteiger partial charge in [0, 0.05) is 31.7 Å². The molecule has 0 saturated heterocycles. The van der Waals surface area contributed by atoms with Crippen molar-refractivity contribution in [2.45, 2.75) is 38.6 Å². The molecule has 0 amide bonds. The average Bonchev–Trinajstić information content (AvgIpc) is 2.65. The Morgan fingerprint density at radius 2 is 2.08 bits per heavy atom. The van der Waals surface area contributed by atoms with E-state index in [9.17, 15) is 0 Å². The number of pyridine rings is 1. The molecule has 1 aliphatic rings. The first-order valence-corrected chi connectivity index (χ1v) is 8.82. The van der Waals surface area contributed by atoms with Crippen LogP contribution in [-0.2, 0) is 6.54 Å². The molecule has 0 aliphatic heterocycles. The number of aliphatic imine (C=N–C) groups is 1. The lowest BCUT2D eigenvalue weighted by Gasteiger charge is -2.15. The van der Waals surface area contributed by atoms with Gasteiger partial charge in [-0.1, -0.05) is 29.8 Å². The molecule has 2 N–H and O–H groups in total. The highest BCUT2D eigenvalue weighted by molar-refractivity contribution is 5.83. The van der Waals surface area contributed by atoms with E-state index in [0.717, 1.165) is 31.0 Å². The zero-order valence-electron chi connectivity index (χ0n) is 14.4. The quantitative estimate of drug-likeness (QED) is 0.500. The van der Waals surface area contributed by atoms with Crippen LogP contribution in [0.1, 0.15) is 37.7 Å². The molecule has 3 rings (SSSR count). The molecule has 1 aromatic carbocycles. The van der Waals surface area contributed by atoms with E-state index in [2.05, 4.69) is 44.9 Å². The first-order chi connectivity index (χ1) is 11.9. The fraction of sp³-hybridized carbons (Fsp3) is 0.400. The fourth-order valence-electron chi connectivity index (χ4n) is 3.18. The van der Waals surface area contributed by atoms with Gasteiger partial charge >= 0.3 is 0 Å². The first kappa shape index (κ1) is 16.5. The number of rotatable bonds is 5.